The van der Waals surface area contributed by atoms with Crippen LogP contribution in [-0.4, -0.2) is 41.3 Å². The van der Waals surface area contributed by atoms with Gasteiger partial charge in [-0.05, 0) is 44.7 Å². The monoisotopic (exact) mass is 306 g/mol. The van der Waals surface area contributed by atoms with Gasteiger partial charge in [-0.25, -0.2) is 0 Å². The van der Waals surface area contributed by atoms with E-state index in [1.165, 1.54) is 11.8 Å². The van der Waals surface area contributed by atoms with Gasteiger partial charge in [0, 0.05) is 19.2 Å². The molecule has 1 aromatic heterocycles. The van der Waals surface area contributed by atoms with E-state index in [0.717, 1.165) is 24.0 Å². The Morgan fingerprint density at radius 2 is 2.05 bits per heavy atom. The summed E-state index contributed by atoms with van der Waals surface area (Å²) in [5.74, 6) is 1.31. The lowest BCUT2D eigenvalue weighted by atomic mass is 10.2. The molecule has 2 unspecified atom stereocenters. The largest absolute Gasteiger partial charge is 0.462 e. The number of aliphatic imine (C=N–C) groups is 1. The third-order valence-corrected chi connectivity index (χ3v) is 4.38. The number of furan rings is 1. The first-order valence-corrected chi connectivity index (χ1v) is 7.82. The first kappa shape index (κ1) is 14.4. The summed E-state index contributed by atoms with van der Waals surface area (Å²) in [6.45, 7) is 7.47. The molecule has 3 heterocycles. The minimum atomic E-state index is -0.198. The minimum Gasteiger partial charge on any atom is -0.462 e. The minimum absolute atomic E-state index is 0.146. The highest BCUT2D eigenvalue weighted by Gasteiger charge is 2.31. The van der Waals surface area contributed by atoms with Gasteiger partial charge in [0.2, 0.25) is 0 Å². The molecule has 0 radical (unpaired) electrons. The van der Waals surface area contributed by atoms with Crippen molar-refractivity contribution in [2.45, 2.75) is 33.0 Å². The number of hydrogen-bond acceptors (Lipinski definition) is 5. The molecule has 112 valence electrons. The second-order valence-electron chi connectivity index (χ2n) is 5.42. The summed E-state index contributed by atoms with van der Waals surface area (Å²) in [4.78, 5) is 18.9. The van der Waals surface area contributed by atoms with Crippen LogP contribution in [-0.2, 0) is 9.53 Å². The van der Waals surface area contributed by atoms with Crippen molar-refractivity contribution in [2.75, 3.05) is 13.1 Å². The van der Waals surface area contributed by atoms with E-state index in [2.05, 4.69) is 9.89 Å². The van der Waals surface area contributed by atoms with Crippen molar-refractivity contribution in [3.8, 4) is 0 Å². The van der Waals surface area contributed by atoms with Crippen molar-refractivity contribution in [1.29, 1.82) is 0 Å². The van der Waals surface area contributed by atoms with Gasteiger partial charge in [0.15, 0.2) is 5.17 Å². The molecule has 1 fully saturated rings. The average Bonchev–Trinajstić information content (AvgIpc) is 2.96. The van der Waals surface area contributed by atoms with Gasteiger partial charge in [-0.3, -0.25) is 4.79 Å². The van der Waals surface area contributed by atoms with Crippen LogP contribution in [0.25, 0.3) is 6.08 Å². The number of aryl methyl sites for hydroxylation is 1. The van der Waals surface area contributed by atoms with Gasteiger partial charge in [0.1, 0.15) is 11.5 Å². The second-order valence-corrected chi connectivity index (χ2v) is 6.43. The van der Waals surface area contributed by atoms with Crippen molar-refractivity contribution in [3.63, 3.8) is 0 Å². The lowest BCUT2D eigenvalue weighted by Gasteiger charge is -2.35. The number of thioether (sulfide) groups is 1. The fourth-order valence-electron chi connectivity index (χ4n) is 2.53. The van der Waals surface area contributed by atoms with E-state index in [1.54, 1.807) is 6.08 Å². The van der Waals surface area contributed by atoms with Crippen LogP contribution in [0.5, 0.6) is 0 Å². The van der Waals surface area contributed by atoms with Crippen LogP contribution in [0, 0.1) is 6.92 Å². The summed E-state index contributed by atoms with van der Waals surface area (Å²) < 4.78 is 11.2. The Morgan fingerprint density at radius 3 is 2.67 bits per heavy atom. The Hall–Kier alpha value is -1.53. The number of morpholine rings is 1. The molecular weight excluding hydrogens is 288 g/mol. The van der Waals surface area contributed by atoms with Crippen molar-refractivity contribution in [1.82, 2.24) is 4.90 Å². The molecule has 5 nitrogen and oxygen atoms in total. The van der Waals surface area contributed by atoms with Crippen LogP contribution in [0.1, 0.15) is 25.4 Å². The topological polar surface area (TPSA) is 55.0 Å². The van der Waals surface area contributed by atoms with E-state index in [0.29, 0.717) is 10.7 Å². The summed E-state index contributed by atoms with van der Waals surface area (Å²) in [6.07, 6.45) is 2.05. The molecule has 0 saturated carbocycles. The SMILES string of the molecule is Cc1ccc(/C=C2/SC(N3CC(C)OC(C)C3)=NC2=O)o1. The Balaban J connectivity index is 1.74. The molecule has 0 N–H and O–H groups in total. The zero-order valence-electron chi connectivity index (χ0n) is 12.3. The standard InChI is InChI=1S/C15H18N2O3S/c1-9-4-5-12(20-9)6-13-14(18)16-15(21-13)17-7-10(2)19-11(3)8-17/h4-6,10-11H,7-8H2,1-3H3/b13-6+. The molecule has 3 rings (SSSR count). The van der Waals surface area contributed by atoms with Gasteiger partial charge in [0.25, 0.3) is 5.91 Å². The van der Waals surface area contributed by atoms with E-state index in [-0.39, 0.29) is 18.1 Å². The number of amidine groups is 1. The molecule has 21 heavy (non-hydrogen) atoms. The molecule has 0 aromatic carbocycles. The molecule has 1 saturated heterocycles. The molecule has 2 aliphatic rings. The van der Waals surface area contributed by atoms with Crippen LogP contribution < -0.4 is 0 Å². The number of rotatable bonds is 1. The molecule has 0 spiro atoms. The molecule has 6 heteroatoms. The highest BCUT2D eigenvalue weighted by Crippen LogP contribution is 2.31. The highest BCUT2D eigenvalue weighted by atomic mass is 32.2. The van der Waals surface area contributed by atoms with Crippen molar-refractivity contribution in [2.24, 2.45) is 4.99 Å². The van der Waals surface area contributed by atoms with Crippen molar-refractivity contribution < 1.29 is 13.9 Å². The van der Waals surface area contributed by atoms with E-state index in [1.807, 2.05) is 32.9 Å². The maximum atomic E-state index is 12.0. The predicted octanol–water partition coefficient (Wildman–Crippen LogP) is 2.67. The number of ether oxygens (including phenoxy) is 1. The molecule has 1 aromatic rings. The fraction of sp³-hybridized carbons (Fsp3) is 0.467. The molecule has 1 amide bonds. The van der Waals surface area contributed by atoms with Gasteiger partial charge in [-0.15, -0.1) is 0 Å². The Labute approximate surface area is 128 Å². The summed E-state index contributed by atoms with van der Waals surface area (Å²) >= 11 is 1.41. The molecular formula is C15H18N2O3S. The van der Waals surface area contributed by atoms with Crippen LogP contribution in [0.4, 0.5) is 0 Å². The first-order chi connectivity index (χ1) is 10.0. The third-order valence-electron chi connectivity index (χ3n) is 3.33. The molecule has 2 aliphatic heterocycles. The smallest absolute Gasteiger partial charge is 0.286 e. The first-order valence-electron chi connectivity index (χ1n) is 7.00. The average molecular weight is 306 g/mol. The van der Waals surface area contributed by atoms with Crippen LogP contribution >= 0.6 is 11.8 Å². The van der Waals surface area contributed by atoms with E-state index < -0.39 is 0 Å². The van der Waals surface area contributed by atoms with Crippen LogP contribution in [0.15, 0.2) is 26.4 Å². The number of carbonyl (C=O) groups is 1. The zero-order valence-corrected chi connectivity index (χ0v) is 13.1. The quantitative estimate of drug-likeness (QED) is 0.747. The summed E-state index contributed by atoms with van der Waals surface area (Å²) in [6, 6.07) is 3.73. The zero-order chi connectivity index (χ0) is 15.0. The Kier molecular flexibility index (Phi) is 3.91. The molecule has 0 bridgehead atoms. The normalized spacial score (nSPS) is 28.3. The van der Waals surface area contributed by atoms with E-state index >= 15 is 0 Å². The summed E-state index contributed by atoms with van der Waals surface area (Å²) in [5, 5.41) is 0.761. The van der Waals surface area contributed by atoms with Crippen LogP contribution in [0.3, 0.4) is 0 Å². The second kappa shape index (κ2) is 5.69. The number of hydrogen-bond donors (Lipinski definition) is 0. The van der Waals surface area contributed by atoms with Gasteiger partial charge < -0.3 is 14.1 Å². The van der Waals surface area contributed by atoms with E-state index in [4.69, 9.17) is 9.15 Å². The van der Waals surface area contributed by atoms with Gasteiger partial charge in [-0.1, -0.05) is 0 Å². The number of amides is 1. The number of carbonyl (C=O) groups excluding carboxylic acids is 1. The summed E-state index contributed by atoms with van der Waals surface area (Å²) in [7, 11) is 0. The van der Waals surface area contributed by atoms with Crippen LogP contribution in [0.2, 0.25) is 0 Å². The van der Waals surface area contributed by atoms with Gasteiger partial charge in [0.05, 0.1) is 17.1 Å². The predicted molar refractivity (Wildman–Crippen MR) is 83.0 cm³/mol. The Morgan fingerprint density at radius 1 is 1.33 bits per heavy atom. The maximum Gasteiger partial charge on any atom is 0.286 e. The van der Waals surface area contributed by atoms with Crippen molar-refractivity contribution in [3.05, 3.63) is 28.6 Å². The lowest BCUT2D eigenvalue weighted by molar-refractivity contribution is -0.113. The van der Waals surface area contributed by atoms with Gasteiger partial charge in [-0.2, -0.15) is 4.99 Å². The lowest BCUT2D eigenvalue weighted by Crippen LogP contribution is -2.47. The molecule has 2 atom stereocenters. The summed E-state index contributed by atoms with van der Waals surface area (Å²) in [5.41, 5.74) is 0. The third kappa shape index (κ3) is 3.22. The number of nitrogens with zero attached hydrogens (tertiary/aromatic N) is 2. The molecule has 0 aliphatic carbocycles. The maximum absolute atomic E-state index is 12.0. The van der Waals surface area contributed by atoms with E-state index in [9.17, 15) is 4.79 Å². The highest BCUT2D eigenvalue weighted by molar-refractivity contribution is 8.18. The van der Waals surface area contributed by atoms with Gasteiger partial charge >= 0.3 is 0 Å². The fourth-order valence-corrected chi connectivity index (χ4v) is 3.44. The Bertz CT molecular complexity index is 610. The van der Waals surface area contributed by atoms with Crippen molar-refractivity contribution >= 4 is 28.9 Å².